The highest BCUT2D eigenvalue weighted by atomic mass is 32.2. The lowest BCUT2D eigenvalue weighted by molar-refractivity contribution is 0.464. The van der Waals surface area contributed by atoms with Crippen molar-refractivity contribution < 1.29 is 0 Å². The molecule has 0 amide bonds. The summed E-state index contributed by atoms with van der Waals surface area (Å²) in [7, 11) is 0. The van der Waals surface area contributed by atoms with Gasteiger partial charge in [0.05, 0.1) is 0 Å². The molecule has 0 aliphatic carbocycles. The minimum Gasteiger partial charge on any atom is -0.313 e. The molecule has 0 aliphatic rings. The molecule has 1 N–H and O–H groups in total. The Labute approximate surface area is 110 Å². The molecule has 0 radical (unpaired) electrons. The maximum absolute atomic E-state index is 3.59. The highest BCUT2D eigenvalue weighted by Crippen LogP contribution is 2.20. The van der Waals surface area contributed by atoms with E-state index in [-0.39, 0.29) is 0 Å². The molecule has 96 valence electrons. The summed E-state index contributed by atoms with van der Waals surface area (Å²) >= 11 is 1.96. The molecule has 0 fully saturated rings. The van der Waals surface area contributed by atoms with Crippen molar-refractivity contribution in [1.29, 1.82) is 0 Å². The Bertz CT molecular complexity index is 284. The molecule has 1 nitrogen and oxygen atoms in total. The maximum atomic E-state index is 3.59. The molecule has 0 saturated carbocycles. The lowest BCUT2D eigenvalue weighted by atomic mass is 10.0. The largest absolute Gasteiger partial charge is 0.313 e. The van der Waals surface area contributed by atoms with E-state index in [9.17, 15) is 0 Å². The van der Waals surface area contributed by atoms with Gasteiger partial charge in [0.15, 0.2) is 0 Å². The van der Waals surface area contributed by atoms with Gasteiger partial charge in [-0.15, -0.1) is 11.8 Å². The lowest BCUT2D eigenvalue weighted by Crippen LogP contribution is -2.31. The zero-order valence-electron chi connectivity index (χ0n) is 11.3. The second-order valence-electron chi connectivity index (χ2n) is 4.85. The van der Waals surface area contributed by atoms with E-state index in [4.69, 9.17) is 0 Å². The average molecular weight is 251 g/mol. The molecule has 0 aliphatic heterocycles. The van der Waals surface area contributed by atoms with Gasteiger partial charge in [0, 0.05) is 16.7 Å². The maximum Gasteiger partial charge on any atom is 0.0161 e. The molecule has 1 aromatic carbocycles. The third kappa shape index (κ3) is 6.75. The van der Waals surface area contributed by atoms with Crippen LogP contribution < -0.4 is 5.32 Å². The van der Waals surface area contributed by atoms with Crippen LogP contribution in [-0.2, 0) is 0 Å². The molecular weight excluding hydrogens is 226 g/mol. The number of benzene rings is 1. The van der Waals surface area contributed by atoms with Gasteiger partial charge in [0.1, 0.15) is 0 Å². The van der Waals surface area contributed by atoms with E-state index in [1.165, 1.54) is 23.5 Å². The first-order valence-corrected chi connectivity index (χ1v) is 7.62. The van der Waals surface area contributed by atoms with Gasteiger partial charge in [-0.25, -0.2) is 0 Å². The van der Waals surface area contributed by atoms with E-state index in [1.54, 1.807) is 0 Å². The fourth-order valence-electron chi connectivity index (χ4n) is 1.78. The lowest BCUT2D eigenvalue weighted by Gasteiger charge is -2.18. The van der Waals surface area contributed by atoms with Crippen molar-refractivity contribution in [3.05, 3.63) is 30.3 Å². The van der Waals surface area contributed by atoms with Crippen LogP contribution >= 0.6 is 11.8 Å². The Morgan fingerprint density at radius 2 is 1.82 bits per heavy atom. The first kappa shape index (κ1) is 14.6. The minimum absolute atomic E-state index is 0.646. The van der Waals surface area contributed by atoms with Gasteiger partial charge in [-0.1, -0.05) is 39.0 Å². The number of nitrogens with one attached hydrogen (secondary N) is 1. The zero-order chi connectivity index (χ0) is 12.5. The number of thioether (sulfide) groups is 1. The standard InChI is InChI=1S/C15H25NS/c1-4-16-14(11-10-13(2)3)12-17-15-8-6-5-7-9-15/h5-9,13-14,16H,4,10-12H2,1-3H3. The molecule has 2 heteroatoms. The van der Waals surface area contributed by atoms with Crippen LogP contribution in [0.1, 0.15) is 33.6 Å². The van der Waals surface area contributed by atoms with Crippen LogP contribution in [0.4, 0.5) is 0 Å². The summed E-state index contributed by atoms with van der Waals surface area (Å²) in [5, 5.41) is 3.59. The topological polar surface area (TPSA) is 12.0 Å². The number of hydrogen-bond donors (Lipinski definition) is 1. The van der Waals surface area contributed by atoms with Gasteiger partial charge in [0.2, 0.25) is 0 Å². The SMILES string of the molecule is CCNC(CCC(C)C)CSc1ccccc1. The molecule has 17 heavy (non-hydrogen) atoms. The van der Waals surface area contributed by atoms with Crippen molar-refractivity contribution in [3.63, 3.8) is 0 Å². The van der Waals surface area contributed by atoms with Gasteiger partial charge in [-0.3, -0.25) is 0 Å². The summed E-state index contributed by atoms with van der Waals surface area (Å²) in [6, 6.07) is 11.3. The van der Waals surface area contributed by atoms with Crippen molar-refractivity contribution in [3.8, 4) is 0 Å². The second kappa shape index (κ2) is 8.60. The average Bonchev–Trinajstić information content (AvgIpc) is 2.34. The van der Waals surface area contributed by atoms with Crippen molar-refractivity contribution in [2.45, 2.75) is 44.6 Å². The van der Waals surface area contributed by atoms with Crippen molar-refractivity contribution in [2.24, 2.45) is 5.92 Å². The van der Waals surface area contributed by atoms with Crippen LogP contribution in [0.25, 0.3) is 0 Å². The fourth-order valence-corrected chi connectivity index (χ4v) is 2.81. The highest BCUT2D eigenvalue weighted by molar-refractivity contribution is 7.99. The highest BCUT2D eigenvalue weighted by Gasteiger charge is 2.08. The summed E-state index contributed by atoms with van der Waals surface area (Å²) in [5.41, 5.74) is 0. The normalized spacial score (nSPS) is 12.9. The van der Waals surface area contributed by atoms with E-state index < -0.39 is 0 Å². The van der Waals surface area contributed by atoms with E-state index in [0.29, 0.717) is 6.04 Å². The van der Waals surface area contributed by atoms with Crippen LogP contribution in [0, 0.1) is 5.92 Å². The Balaban J connectivity index is 2.33. The van der Waals surface area contributed by atoms with E-state index in [1.807, 2.05) is 11.8 Å². The van der Waals surface area contributed by atoms with Gasteiger partial charge >= 0.3 is 0 Å². The molecule has 0 spiro atoms. The molecule has 0 saturated heterocycles. The van der Waals surface area contributed by atoms with Gasteiger partial charge < -0.3 is 5.32 Å². The predicted octanol–water partition coefficient (Wildman–Crippen LogP) is 4.19. The third-order valence-corrected chi connectivity index (χ3v) is 3.95. The van der Waals surface area contributed by atoms with Crippen molar-refractivity contribution >= 4 is 11.8 Å². The minimum atomic E-state index is 0.646. The first-order valence-electron chi connectivity index (χ1n) is 6.63. The van der Waals surface area contributed by atoms with Crippen molar-refractivity contribution in [2.75, 3.05) is 12.3 Å². The summed E-state index contributed by atoms with van der Waals surface area (Å²) in [4.78, 5) is 1.37. The quantitative estimate of drug-likeness (QED) is 0.695. The molecular formula is C15H25NS. The Kier molecular flexibility index (Phi) is 7.38. The molecule has 0 heterocycles. The number of rotatable bonds is 8. The molecule has 1 aromatic rings. The fraction of sp³-hybridized carbons (Fsp3) is 0.600. The van der Waals surface area contributed by atoms with Crippen LogP contribution in [0.5, 0.6) is 0 Å². The third-order valence-electron chi connectivity index (χ3n) is 2.78. The second-order valence-corrected chi connectivity index (χ2v) is 5.94. The monoisotopic (exact) mass is 251 g/mol. The van der Waals surface area contributed by atoms with Gasteiger partial charge in [0.25, 0.3) is 0 Å². The summed E-state index contributed by atoms with van der Waals surface area (Å²) in [6.07, 6.45) is 2.60. The smallest absolute Gasteiger partial charge is 0.0161 e. The molecule has 0 bridgehead atoms. The first-order chi connectivity index (χ1) is 8.22. The summed E-state index contributed by atoms with van der Waals surface area (Å²) in [6.45, 7) is 7.86. The van der Waals surface area contributed by atoms with Gasteiger partial charge in [-0.05, 0) is 37.4 Å². The summed E-state index contributed by atoms with van der Waals surface area (Å²) < 4.78 is 0. The van der Waals surface area contributed by atoms with E-state index in [2.05, 4.69) is 56.4 Å². The molecule has 1 atom stereocenters. The van der Waals surface area contributed by atoms with Crippen LogP contribution in [0.15, 0.2) is 35.2 Å². The van der Waals surface area contributed by atoms with E-state index in [0.717, 1.165) is 12.5 Å². The Morgan fingerprint density at radius 1 is 1.12 bits per heavy atom. The molecule has 1 unspecified atom stereocenters. The number of hydrogen-bond acceptors (Lipinski definition) is 2. The Hall–Kier alpha value is -0.470. The molecule has 1 rings (SSSR count). The predicted molar refractivity (Wildman–Crippen MR) is 78.7 cm³/mol. The van der Waals surface area contributed by atoms with E-state index >= 15 is 0 Å². The zero-order valence-corrected chi connectivity index (χ0v) is 12.1. The Morgan fingerprint density at radius 3 is 2.41 bits per heavy atom. The van der Waals surface area contributed by atoms with Gasteiger partial charge in [-0.2, -0.15) is 0 Å². The molecule has 0 aromatic heterocycles. The summed E-state index contributed by atoms with van der Waals surface area (Å²) in [5.74, 6) is 1.97. The van der Waals surface area contributed by atoms with Crippen molar-refractivity contribution in [1.82, 2.24) is 5.32 Å². The van der Waals surface area contributed by atoms with Crippen LogP contribution in [-0.4, -0.2) is 18.3 Å². The van der Waals surface area contributed by atoms with Crippen LogP contribution in [0.3, 0.4) is 0 Å². The van der Waals surface area contributed by atoms with Crippen LogP contribution in [0.2, 0.25) is 0 Å².